The molecule has 0 unspecified atom stereocenters. The number of amides is 1. The molecule has 2 aliphatic rings. The van der Waals surface area contributed by atoms with Crippen LogP contribution in [-0.2, 0) is 21.5 Å². The second-order valence-corrected chi connectivity index (χ2v) is 10.1. The lowest BCUT2D eigenvalue weighted by Gasteiger charge is -2.44. The van der Waals surface area contributed by atoms with Crippen molar-refractivity contribution >= 4 is 17.7 Å². The zero-order valence-corrected chi connectivity index (χ0v) is 21.7. The van der Waals surface area contributed by atoms with Gasteiger partial charge in [-0.25, -0.2) is 0 Å². The monoisotopic (exact) mass is 496 g/mol. The lowest BCUT2D eigenvalue weighted by atomic mass is 9.71. The quantitative estimate of drug-likeness (QED) is 0.494. The Morgan fingerprint density at radius 2 is 1.86 bits per heavy atom. The Balaban J connectivity index is 1.57. The van der Waals surface area contributed by atoms with Crippen LogP contribution >= 0.6 is 11.8 Å². The van der Waals surface area contributed by atoms with Gasteiger partial charge in [0, 0.05) is 18.0 Å². The number of rotatable bonds is 10. The lowest BCUT2D eigenvalue weighted by molar-refractivity contribution is -0.121. The van der Waals surface area contributed by atoms with E-state index in [0.717, 1.165) is 44.0 Å². The zero-order valence-electron chi connectivity index (χ0n) is 20.9. The fourth-order valence-electron chi connectivity index (χ4n) is 5.66. The maximum absolute atomic E-state index is 12.6. The van der Waals surface area contributed by atoms with E-state index in [1.54, 1.807) is 20.3 Å². The molecule has 0 radical (unpaired) electrons. The van der Waals surface area contributed by atoms with Crippen molar-refractivity contribution < 1.29 is 19.0 Å². The average molecular weight is 497 g/mol. The average Bonchev–Trinajstić information content (AvgIpc) is 3.12. The summed E-state index contributed by atoms with van der Waals surface area (Å²) in [6.07, 6.45) is 5.54. The third kappa shape index (κ3) is 5.37. The molecule has 1 amide bonds. The number of nitrogens with one attached hydrogen (secondary N) is 1. The van der Waals surface area contributed by atoms with Crippen LogP contribution in [0, 0.1) is 0 Å². The second kappa shape index (κ2) is 11.5. The van der Waals surface area contributed by atoms with Crippen LogP contribution < -0.4 is 14.8 Å². The Kier molecular flexibility index (Phi) is 8.42. The van der Waals surface area contributed by atoms with Gasteiger partial charge in [0.25, 0.3) is 0 Å². The number of ether oxygens (including phenoxy) is 3. The number of likely N-dealkylation sites (tertiary alicyclic amines) is 1. The third-order valence-corrected chi connectivity index (χ3v) is 7.78. The van der Waals surface area contributed by atoms with Gasteiger partial charge in [-0.05, 0) is 61.0 Å². The number of hydrogen-bond donors (Lipinski definition) is 1. The molecule has 7 heteroatoms. The fraction of sp³-hybridized carbons (Fsp3) is 0.464. The number of hydrogen-bond acceptors (Lipinski definition) is 6. The third-order valence-electron chi connectivity index (χ3n) is 7.23. The van der Waals surface area contributed by atoms with E-state index in [1.807, 2.05) is 12.3 Å². The molecule has 1 spiro atoms. The molecule has 2 aromatic carbocycles. The number of carbonyl (C=O) groups is 1. The normalized spacial score (nSPS) is 20.9. The number of methoxy groups -OCH3 is 2. The van der Waals surface area contributed by atoms with Crippen LogP contribution in [0.15, 0.2) is 55.1 Å². The Labute approximate surface area is 213 Å². The first-order valence-electron chi connectivity index (χ1n) is 12.1. The van der Waals surface area contributed by atoms with Gasteiger partial charge in [0.05, 0.1) is 38.7 Å². The molecule has 6 nitrogen and oxygen atoms in total. The number of benzene rings is 2. The van der Waals surface area contributed by atoms with Gasteiger partial charge in [-0.2, -0.15) is 11.8 Å². The van der Waals surface area contributed by atoms with Crippen molar-refractivity contribution in [3.8, 4) is 11.5 Å². The van der Waals surface area contributed by atoms with Gasteiger partial charge in [-0.3, -0.25) is 9.69 Å². The fourth-order valence-corrected chi connectivity index (χ4v) is 6.01. The van der Waals surface area contributed by atoms with Crippen molar-refractivity contribution in [1.82, 2.24) is 10.2 Å². The summed E-state index contributed by atoms with van der Waals surface area (Å²) in [5.41, 5.74) is 3.53. The number of fused-ring (bicyclic) bond motifs is 2. The largest absolute Gasteiger partial charge is 0.497 e. The van der Waals surface area contributed by atoms with Gasteiger partial charge >= 0.3 is 0 Å². The Bertz CT molecular complexity index is 1010. The minimum absolute atomic E-state index is 0.0472. The minimum atomic E-state index is -0.153. The van der Waals surface area contributed by atoms with E-state index in [9.17, 15) is 4.79 Å². The molecule has 1 fully saturated rings. The highest BCUT2D eigenvalue weighted by molar-refractivity contribution is 7.99. The summed E-state index contributed by atoms with van der Waals surface area (Å²) in [6.45, 7) is 7.03. The van der Waals surface area contributed by atoms with Gasteiger partial charge in [0.2, 0.25) is 5.91 Å². The van der Waals surface area contributed by atoms with E-state index >= 15 is 0 Å². The Morgan fingerprint density at radius 1 is 1.17 bits per heavy atom. The zero-order chi connectivity index (χ0) is 24.8. The highest BCUT2D eigenvalue weighted by Crippen LogP contribution is 2.52. The van der Waals surface area contributed by atoms with Crippen molar-refractivity contribution in [2.75, 3.05) is 45.9 Å². The smallest absolute Gasteiger partial charge is 0.230 e. The number of nitrogens with zero attached hydrogens (tertiary/aromatic N) is 1. The van der Waals surface area contributed by atoms with Crippen LogP contribution in [-0.4, -0.2) is 62.8 Å². The number of carbonyl (C=O) groups excluding carboxylic acids is 1. The second-order valence-electron chi connectivity index (χ2n) is 9.26. The molecule has 0 saturated carbocycles. The Morgan fingerprint density at radius 3 is 2.49 bits per heavy atom. The molecule has 1 aliphatic heterocycles. The molecule has 1 N–H and O–H groups in total. The van der Waals surface area contributed by atoms with Gasteiger partial charge in [-0.15, -0.1) is 6.58 Å². The van der Waals surface area contributed by atoms with Crippen molar-refractivity contribution in [3.05, 3.63) is 71.8 Å². The summed E-state index contributed by atoms with van der Waals surface area (Å²) in [4.78, 5) is 15.1. The van der Waals surface area contributed by atoms with Crippen LogP contribution in [0.25, 0.3) is 0 Å². The SMILES string of the molecule is C=CCO[C@@H]1[C@@H](NC(=O)CSC)c2ccccc2C12CCN(Cc1cc(OC)cc(OC)c1)CC2. The molecule has 1 saturated heterocycles. The summed E-state index contributed by atoms with van der Waals surface area (Å²) in [5, 5.41) is 3.28. The van der Waals surface area contributed by atoms with Crippen LogP contribution in [0.4, 0.5) is 0 Å². The summed E-state index contributed by atoms with van der Waals surface area (Å²) in [5.74, 6) is 2.10. The molecule has 4 rings (SSSR count). The van der Waals surface area contributed by atoms with E-state index in [2.05, 4.69) is 53.2 Å². The molecule has 2 aromatic rings. The van der Waals surface area contributed by atoms with Gasteiger partial charge in [0.15, 0.2) is 0 Å². The number of thioether (sulfide) groups is 1. The molecule has 1 heterocycles. The van der Waals surface area contributed by atoms with Crippen LogP contribution in [0.3, 0.4) is 0 Å². The predicted molar refractivity (Wildman–Crippen MR) is 141 cm³/mol. The van der Waals surface area contributed by atoms with Gasteiger partial charge in [-0.1, -0.05) is 30.3 Å². The first-order chi connectivity index (χ1) is 17.0. The minimum Gasteiger partial charge on any atom is -0.497 e. The molecule has 0 bridgehead atoms. The van der Waals surface area contributed by atoms with Crippen LogP contribution in [0.2, 0.25) is 0 Å². The Hall–Kier alpha value is -2.48. The number of piperidine rings is 1. The maximum Gasteiger partial charge on any atom is 0.230 e. The van der Waals surface area contributed by atoms with Crippen molar-refractivity contribution in [2.45, 2.75) is 36.9 Å². The molecular weight excluding hydrogens is 460 g/mol. The lowest BCUT2D eigenvalue weighted by Crippen LogP contribution is -2.50. The van der Waals surface area contributed by atoms with Crippen LogP contribution in [0.1, 0.15) is 35.6 Å². The topological polar surface area (TPSA) is 60.0 Å². The highest BCUT2D eigenvalue weighted by Gasteiger charge is 2.54. The molecule has 188 valence electrons. The molecular formula is C28H36N2O4S. The van der Waals surface area contributed by atoms with Crippen LogP contribution in [0.5, 0.6) is 11.5 Å². The first kappa shape index (κ1) is 25.6. The van der Waals surface area contributed by atoms with Gasteiger partial charge < -0.3 is 19.5 Å². The predicted octanol–water partition coefficient (Wildman–Crippen LogP) is 4.34. The van der Waals surface area contributed by atoms with E-state index < -0.39 is 0 Å². The van der Waals surface area contributed by atoms with E-state index in [4.69, 9.17) is 14.2 Å². The van der Waals surface area contributed by atoms with E-state index in [1.165, 1.54) is 28.5 Å². The summed E-state index contributed by atoms with van der Waals surface area (Å²) in [7, 11) is 3.36. The molecule has 35 heavy (non-hydrogen) atoms. The van der Waals surface area contributed by atoms with Crippen molar-refractivity contribution in [2.24, 2.45) is 0 Å². The van der Waals surface area contributed by atoms with Gasteiger partial charge in [0.1, 0.15) is 11.5 Å². The molecule has 2 atom stereocenters. The molecule has 1 aliphatic carbocycles. The summed E-state index contributed by atoms with van der Waals surface area (Å²) in [6, 6.07) is 14.4. The standard InChI is InChI=1S/C28H36N2O4S/c1-5-14-34-27-26(29-25(31)19-35-4)23-8-6-7-9-24(23)28(27)10-12-30(13-11-28)18-20-15-21(32-2)17-22(16-20)33-3/h5-9,15-17,26-27H,1,10-14,18-19H2,2-4H3,(H,29,31)/t26-,27+/m0/s1. The summed E-state index contributed by atoms with van der Waals surface area (Å²) < 4.78 is 17.4. The first-order valence-corrected chi connectivity index (χ1v) is 13.5. The van der Waals surface area contributed by atoms with Crippen molar-refractivity contribution in [3.63, 3.8) is 0 Å². The highest BCUT2D eigenvalue weighted by atomic mass is 32.2. The molecule has 0 aromatic heterocycles. The summed E-state index contributed by atoms with van der Waals surface area (Å²) >= 11 is 1.53. The van der Waals surface area contributed by atoms with E-state index in [0.29, 0.717) is 12.4 Å². The van der Waals surface area contributed by atoms with E-state index in [-0.39, 0.29) is 23.5 Å². The maximum atomic E-state index is 12.6. The van der Waals surface area contributed by atoms with Crippen molar-refractivity contribution in [1.29, 1.82) is 0 Å².